The fourth-order valence-corrected chi connectivity index (χ4v) is 2.02. The van der Waals surface area contributed by atoms with E-state index in [0.717, 1.165) is 18.2 Å². The highest BCUT2D eigenvalue weighted by molar-refractivity contribution is 5.87. The van der Waals surface area contributed by atoms with E-state index in [1.165, 1.54) is 18.4 Å². The van der Waals surface area contributed by atoms with Crippen LogP contribution in [-0.4, -0.2) is 30.1 Å². The molecule has 2 N–H and O–H groups in total. The summed E-state index contributed by atoms with van der Waals surface area (Å²) in [6.07, 6.45) is 3.35. The van der Waals surface area contributed by atoms with E-state index in [1.54, 1.807) is 6.07 Å². The molecule has 1 aromatic carbocycles. The number of esters is 1. The van der Waals surface area contributed by atoms with Gasteiger partial charge in [-0.25, -0.2) is 0 Å². The number of phenols is 1. The maximum absolute atomic E-state index is 11.8. The summed E-state index contributed by atoms with van der Waals surface area (Å²) in [4.78, 5) is 23.2. The zero-order chi connectivity index (χ0) is 15.9. The largest absolute Gasteiger partial charge is 0.508 e. The molecule has 6 heteroatoms. The lowest BCUT2D eigenvalue weighted by molar-refractivity contribution is -0.147. The number of nitrogens with one attached hydrogen (secondary N) is 1. The molecule has 0 aliphatic rings. The second-order valence-electron chi connectivity index (χ2n) is 4.98. The van der Waals surface area contributed by atoms with Gasteiger partial charge in [0.05, 0.1) is 12.7 Å². The van der Waals surface area contributed by atoms with Crippen molar-refractivity contribution in [3.63, 3.8) is 0 Å². The van der Waals surface area contributed by atoms with Crippen LogP contribution in [0.1, 0.15) is 25.3 Å². The predicted molar refractivity (Wildman–Crippen MR) is 80.5 cm³/mol. The van der Waals surface area contributed by atoms with Crippen molar-refractivity contribution in [3.8, 4) is 5.75 Å². The van der Waals surface area contributed by atoms with Crippen LogP contribution in [0.4, 0.5) is 0 Å². The fourth-order valence-electron chi connectivity index (χ4n) is 2.02. The minimum absolute atomic E-state index is 0.0139. The van der Waals surface area contributed by atoms with Crippen LogP contribution in [0.15, 0.2) is 28.9 Å². The van der Waals surface area contributed by atoms with E-state index in [0.29, 0.717) is 17.7 Å². The summed E-state index contributed by atoms with van der Waals surface area (Å²) in [5, 5.41) is 12.8. The molecule has 118 valence electrons. The van der Waals surface area contributed by atoms with Gasteiger partial charge in [-0.05, 0) is 18.6 Å². The van der Waals surface area contributed by atoms with Crippen LogP contribution in [0.3, 0.4) is 0 Å². The van der Waals surface area contributed by atoms with Crippen LogP contribution in [0.25, 0.3) is 11.0 Å². The van der Waals surface area contributed by atoms with E-state index < -0.39 is 5.97 Å². The molecule has 0 fully saturated rings. The van der Waals surface area contributed by atoms with Gasteiger partial charge in [0.15, 0.2) is 6.61 Å². The first-order valence-electron chi connectivity index (χ1n) is 7.21. The molecule has 0 unspecified atom stereocenters. The molecule has 1 amide bonds. The molecule has 0 bridgehead atoms. The predicted octanol–water partition coefficient (Wildman–Crippen LogP) is 2.14. The van der Waals surface area contributed by atoms with Gasteiger partial charge in [0.1, 0.15) is 11.3 Å². The molecular weight excluding hydrogens is 286 g/mol. The number of rotatable bonds is 7. The highest BCUT2D eigenvalue weighted by atomic mass is 16.5. The zero-order valence-electron chi connectivity index (χ0n) is 12.4. The number of unbranched alkanes of at least 4 members (excludes halogenated alkanes) is 1. The third-order valence-electron chi connectivity index (χ3n) is 3.19. The molecule has 0 atom stereocenters. The number of furan rings is 1. The lowest BCUT2D eigenvalue weighted by Gasteiger charge is -2.05. The number of hydrogen-bond acceptors (Lipinski definition) is 5. The monoisotopic (exact) mass is 305 g/mol. The Kier molecular flexibility index (Phi) is 5.41. The minimum Gasteiger partial charge on any atom is -0.508 e. The highest BCUT2D eigenvalue weighted by Gasteiger charge is 2.13. The first-order valence-corrected chi connectivity index (χ1v) is 7.21. The maximum atomic E-state index is 11.8. The Morgan fingerprint density at radius 2 is 2.18 bits per heavy atom. The van der Waals surface area contributed by atoms with E-state index in [2.05, 4.69) is 5.32 Å². The van der Waals surface area contributed by atoms with Crippen LogP contribution >= 0.6 is 0 Å². The van der Waals surface area contributed by atoms with Gasteiger partial charge in [0.2, 0.25) is 0 Å². The number of carbonyl (C=O) groups excluding carboxylic acids is 2. The van der Waals surface area contributed by atoms with Crippen LogP contribution in [0, 0.1) is 0 Å². The van der Waals surface area contributed by atoms with Gasteiger partial charge in [-0.15, -0.1) is 0 Å². The number of hydrogen-bond donors (Lipinski definition) is 2. The van der Waals surface area contributed by atoms with Gasteiger partial charge < -0.3 is 19.6 Å². The van der Waals surface area contributed by atoms with Crippen LogP contribution in [0.5, 0.6) is 5.75 Å². The standard InChI is InChI=1S/C16H19NO5/c1-2-3-6-17-15(19)10-22-16(20)7-11-9-21-14-8-12(18)4-5-13(11)14/h4-5,8-9,18H,2-3,6-7,10H2,1H3,(H,17,19). The van der Waals surface area contributed by atoms with Crippen LogP contribution in [0.2, 0.25) is 0 Å². The molecule has 1 aromatic heterocycles. The summed E-state index contributed by atoms with van der Waals surface area (Å²) in [6, 6.07) is 4.67. The molecular formula is C16H19NO5. The SMILES string of the molecule is CCCCNC(=O)COC(=O)Cc1coc2cc(O)ccc12. The number of phenolic OH excluding ortho intramolecular Hbond substituents is 1. The number of carbonyl (C=O) groups is 2. The Morgan fingerprint density at radius 1 is 1.36 bits per heavy atom. The lowest BCUT2D eigenvalue weighted by atomic mass is 10.1. The Hall–Kier alpha value is -2.50. The van der Waals surface area contributed by atoms with Crippen molar-refractivity contribution in [1.82, 2.24) is 5.32 Å². The van der Waals surface area contributed by atoms with E-state index in [9.17, 15) is 14.7 Å². The smallest absolute Gasteiger partial charge is 0.310 e. The van der Waals surface area contributed by atoms with Crippen LogP contribution < -0.4 is 5.32 Å². The van der Waals surface area contributed by atoms with Gasteiger partial charge in [-0.1, -0.05) is 13.3 Å². The fraction of sp³-hybridized carbons (Fsp3) is 0.375. The Labute approximate surface area is 128 Å². The van der Waals surface area contributed by atoms with Gasteiger partial charge in [-0.3, -0.25) is 9.59 Å². The molecule has 6 nitrogen and oxygen atoms in total. The first-order chi connectivity index (χ1) is 10.6. The van der Waals surface area contributed by atoms with Crippen molar-refractivity contribution < 1.29 is 23.8 Å². The van der Waals surface area contributed by atoms with Crippen molar-refractivity contribution in [1.29, 1.82) is 0 Å². The molecule has 1 heterocycles. The van der Waals surface area contributed by atoms with E-state index in [1.807, 2.05) is 6.92 Å². The van der Waals surface area contributed by atoms with E-state index in [4.69, 9.17) is 9.15 Å². The molecule has 22 heavy (non-hydrogen) atoms. The van der Waals surface area contributed by atoms with E-state index >= 15 is 0 Å². The minimum atomic E-state index is -0.499. The maximum Gasteiger partial charge on any atom is 0.310 e. The van der Waals surface area contributed by atoms with Crippen molar-refractivity contribution >= 4 is 22.8 Å². The molecule has 2 aromatic rings. The van der Waals surface area contributed by atoms with Gasteiger partial charge in [0, 0.05) is 23.6 Å². The quantitative estimate of drug-likeness (QED) is 0.604. The molecule has 0 aliphatic carbocycles. The molecule has 0 spiro atoms. The van der Waals surface area contributed by atoms with Crippen LogP contribution in [-0.2, 0) is 20.7 Å². The third-order valence-corrected chi connectivity index (χ3v) is 3.19. The van der Waals surface area contributed by atoms with Gasteiger partial charge in [-0.2, -0.15) is 0 Å². The normalized spacial score (nSPS) is 10.6. The summed E-state index contributed by atoms with van der Waals surface area (Å²) in [5.41, 5.74) is 1.16. The van der Waals surface area contributed by atoms with Gasteiger partial charge in [0.25, 0.3) is 5.91 Å². The lowest BCUT2D eigenvalue weighted by Crippen LogP contribution is -2.29. The summed E-state index contributed by atoms with van der Waals surface area (Å²) < 4.78 is 10.2. The number of amides is 1. The molecule has 0 radical (unpaired) electrons. The third kappa shape index (κ3) is 4.25. The van der Waals surface area contributed by atoms with Crippen molar-refractivity contribution in [2.24, 2.45) is 0 Å². The number of fused-ring (bicyclic) bond motifs is 1. The summed E-state index contributed by atoms with van der Waals surface area (Å²) in [7, 11) is 0. The molecule has 0 aliphatic heterocycles. The van der Waals surface area contributed by atoms with Crippen molar-refractivity contribution in [2.45, 2.75) is 26.2 Å². The zero-order valence-corrected chi connectivity index (χ0v) is 12.4. The molecule has 0 saturated carbocycles. The molecule has 0 saturated heterocycles. The topological polar surface area (TPSA) is 88.8 Å². The second kappa shape index (κ2) is 7.49. The molecule has 2 rings (SSSR count). The average molecular weight is 305 g/mol. The van der Waals surface area contributed by atoms with Crippen molar-refractivity contribution in [3.05, 3.63) is 30.0 Å². The average Bonchev–Trinajstić information content (AvgIpc) is 2.87. The van der Waals surface area contributed by atoms with E-state index in [-0.39, 0.29) is 24.7 Å². The van der Waals surface area contributed by atoms with Crippen molar-refractivity contribution in [2.75, 3.05) is 13.2 Å². The Morgan fingerprint density at radius 3 is 2.95 bits per heavy atom. The highest BCUT2D eigenvalue weighted by Crippen LogP contribution is 2.25. The number of ether oxygens (including phenoxy) is 1. The number of benzene rings is 1. The Balaban J connectivity index is 1.85. The number of aromatic hydroxyl groups is 1. The second-order valence-corrected chi connectivity index (χ2v) is 4.98. The Bertz CT molecular complexity index is 662. The summed E-state index contributed by atoms with van der Waals surface area (Å²) >= 11 is 0. The van der Waals surface area contributed by atoms with Gasteiger partial charge >= 0.3 is 5.97 Å². The summed E-state index contributed by atoms with van der Waals surface area (Å²) in [6.45, 7) is 2.34. The first kappa shape index (κ1) is 15.9. The summed E-state index contributed by atoms with van der Waals surface area (Å²) in [5.74, 6) is -0.704.